The van der Waals surface area contributed by atoms with Crippen LogP contribution < -0.4 is 4.90 Å². The minimum absolute atomic E-state index is 0.0804. The van der Waals surface area contributed by atoms with E-state index in [1.165, 1.54) is 95.0 Å². The molecule has 0 fully saturated rings. The van der Waals surface area contributed by atoms with Gasteiger partial charge in [-0.3, -0.25) is 0 Å². The summed E-state index contributed by atoms with van der Waals surface area (Å²) in [5, 5.41) is 0. The van der Waals surface area contributed by atoms with Gasteiger partial charge in [-0.25, -0.2) is 0 Å². The van der Waals surface area contributed by atoms with Crippen molar-refractivity contribution in [1.29, 1.82) is 0 Å². The van der Waals surface area contributed by atoms with Gasteiger partial charge in [-0.05, 0) is 135 Å². The molecule has 10 rings (SSSR count). The van der Waals surface area contributed by atoms with Crippen LogP contribution in [0.15, 0.2) is 207 Å². The molecule has 0 aliphatic heterocycles. The van der Waals surface area contributed by atoms with E-state index >= 15 is 0 Å². The van der Waals surface area contributed by atoms with E-state index in [-0.39, 0.29) is 16.2 Å². The number of nitrogens with zero attached hydrogens (tertiary/aromatic N) is 1. The third-order valence-corrected chi connectivity index (χ3v) is 13.8. The largest absolute Gasteiger partial charge is 0.310 e. The Kier molecular flexibility index (Phi) is 14.2. The van der Waals surface area contributed by atoms with Crippen molar-refractivity contribution in [2.75, 3.05) is 4.90 Å². The van der Waals surface area contributed by atoms with Crippen LogP contribution in [0.1, 0.15) is 114 Å². The molecule has 0 N–H and O–H groups in total. The SMILES string of the molecule is C=C(C)c1ccc(-c2ccccc2)cc1.C=CC.CC.Cc1ccc(N(c2ccc3c(c2)C(C)(C)c2ccccc2-3)c2ccc3c(c2)C(C)(C)c2ccccc2-3)cc1C(C)(C)c1ccccc1. The Labute approximate surface area is 403 Å². The van der Waals surface area contributed by atoms with Crippen LogP contribution in [0.4, 0.5) is 17.1 Å². The maximum atomic E-state index is 3.93. The summed E-state index contributed by atoms with van der Waals surface area (Å²) in [6.07, 6.45) is 1.75. The van der Waals surface area contributed by atoms with Crippen LogP contribution in [0, 0.1) is 6.92 Å². The highest BCUT2D eigenvalue weighted by atomic mass is 15.1. The van der Waals surface area contributed by atoms with Crippen molar-refractivity contribution in [1.82, 2.24) is 0 Å². The molecular formula is C66H69N. The summed E-state index contributed by atoms with van der Waals surface area (Å²) in [4.78, 5) is 2.49. The molecule has 0 unspecified atom stereocenters. The highest BCUT2D eigenvalue weighted by Crippen LogP contribution is 2.53. The van der Waals surface area contributed by atoms with E-state index in [1.807, 2.05) is 33.8 Å². The van der Waals surface area contributed by atoms with E-state index in [0.717, 1.165) is 5.57 Å². The number of anilines is 3. The molecule has 1 nitrogen and oxygen atoms in total. The van der Waals surface area contributed by atoms with Crippen LogP contribution >= 0.6 is 0 Å². The Morgan fingerprint density at radius 3 is 1.36 bits per heavy atom. The van der Waals surface area contributed by atoms with Crippen molar-refractivity contribution in [3.63, 3.8) is 0 Å². The molecule has 2 aliphatic carbocycles. The summed E-state index contributed by atoms with van der Waals surface area (Å²) in [6.45, 7) is 31.6. The number of hydrogen-bond acceptors (Lipinski definition) is 1. The van der Waals surface area contributed by atoms with Gasteiger partial charge in [0.2, 0.25) is 0 Å². The third kappa shape index (κ3) is 9.26. The quantitative estimate of drug-likeness (QED) is 0.144. The average molecular weight is 876 g/mol. The second kappa shape index (κ2) is 19.9. The first kappa shape index (κ1) is 48.0. The number of aryl methyl sites for hydroxylation is 1. The van der Waals surface area contributed by atoms with Gasteiger partial charge in [-0.15, -0.1) is 6.58 Å². The first-order valence-electron chi connectivity index (χ1n) is 24.0. The molecule has 0 radical (unpaired) electrons. The number of fused-ring (bicyclic) bond motifs is 6. The normalized spacial score (nSPS) is 13.1. The zero-order valence-corrected chi connectivity index (χ0v) is 41.8. The van der Waals surface area contributed by atoms with E-state index in [9.17, 15) is 0 Å². The summed E-state index contributed by atoms with van der Waals surface area (Å²) in [7, 11) is 0. The van der Waals surface area contributed by atoms with Gasteiger partial charge in [-0.2, -0.15) is 0 Å². The van der Waals surface area contributed by atoms with E-state index in [1.54, 1.807) is 6.08 Å². The van der Waals surface area contributed by atoms with E-state index in [4.69, 9.17) is 0 Å². The molecule has 338 valence electrons. The fourth-order valence-corrected chi connectivity index (χ4v) is 10.1. The molecule has 8 aromatic carbocycles. The van der Waals surface area contributed by atoms with Gasteiger partial charge < -0.3 is 4.90 Å². The summed E-state index contributed by atoms with van der Waals surface area (Å²) in [6, 6.07) is 68.9. The number of benzene rings is 8. The lowest BCUT2D eigenvalue weighted by atomic mass is 9.76. The van der Waals surface area contributed by atoms with Crippen LogP contribution in [0.5, 0.6) is 0 Å². The predicted molar refractivity (Wildman–Crippen MR) is 293 cm³/mol. The second-order valence-electron chi connectivity index (χ2n) is 19.3. The summed E-state index contributed by atoms with van der Waals surface area (Å²) in [5.41, 5.74) is 23.0. The highest BCUT2D eigenvalue weighted by Gasteiger charge is 2.38. The van der Waals surface area contributed by atoms with Gasteiger partial charge in [0.05, 0.1) is 0 Å². The van der Waals surface area contributed by atoms with Gasteiger partial charge in [-0.1, -0.05) is 225 Å². The first-order chi connectivity index (χ1) is 32.2. The molecule has 8 aromatic rings. The highest BCUT2D eigenvalue weighted by molar-refractivity contribution is 5.88. The summed E-state index contributed by atoms with van der Waals surface area (Å²) < 4.78 is 0. The zero-order valence-electron chi connectivity index (χ0n) is 41.8. The monoisotopic (exact) mass is 876 g/mol. The minimum Gasteiger partial charge on any atom is -0.310 e. The van der Waals surface area contributed by atoms with Gasteiger partial charge in [0.25, 0.3) is 0 Å². The molecular weight excluding hydrogens is 807 g/mol. The van der Waals surface area contributed by atoms with Crippen LogP contribution in [0.2, 0.25) is 0 Å². The van der Waals surface area contributed by atoms with Crippen LogP contribution in [-0.2, 0) is 16.2 Å². The minimum atomic E-state index is -0.157. The first-order valence-corrected chi connectivity index (χ1v) is 24.0. The van der Waals surface area contributed by atoms with Crippen molar-refractivity contribution in [3.8, 4) is 33.4 Å². The zero-order chi connectivity index (χ0) is 48.1. The van der Waals surface area contributed by atoms with Crippen LogP contribution in [0.3, 0.4) is 0 Å². The van der Waals surface area contributed by atoms with E-state index in [0.29, 0.717) is 0 Å². The van der Waals surface area contributed by atoms with Crippen molar-refractivity contribution < 1.29 is 0 Å². The van der Waals surface area contributed by atoms with Crippen molar-refractivity contribution in [2.24, 2.45) is 0 Å². The van der Waals surface area contributed by atoms with Gasteiger partial charge in [0, 0.05) is 33.3 Å². The molecule has 1 heteroatoms. The Hall–Kier alpha value is -6.96. The Morgan fingerprint density at radius 1 is 0.493 bits per heavy atom. The van der Waals surface area contributed by atoms with Crippen molar-refractivity contribution >= 4 is 22.6 Å². The predicted octanol–water partition coefficient (Wildman–Crippen LogP) is 19.0. The molecule has 0 heterocycles. The molecule has 67 heavy (non-hydrogen) atoms. The summed E-state index contributed by atoms with van der Waals surface area (Å²) >= 11 is 0. The number of rotatable bonds is 7. The Morgan fingerprint density at radius 2 is 0.881 bits per heavy atom. The Bertz CT molecular complexity index is 2890. The fourth-order valence-electron chi connectivity index (χ4n) is 10.1. The lowest BCUT2D eigenvalue weighted by Crippen LogP contribution is -2.21. The third-order valence-electron chi connectivity index (χ3n) is 13.8. The lowest BCUT2D eigenvalue weighted by Gasteiger charge is -2.32. The second-order valence-corrected chi connectivity index (χ2v) is 19.3. The lowest BCUT2D eigenvalue weighted by molar-refractivity contribution is 0.636. The maximum absolute atomic E-state index is 3.93. The molecule has 0 aromatic heterocycles. The van der Waals surface area contributed by atoms with Crippen LogP contribution in [-0.4, -0.2) is 0 Å². The van der Waals surface area contributed by atoms with Crippen LogP contribution in [0.25, 0.3) is 39.0 Å². The molecule has 0 atom stereocenters. The smallest absolute Gasteiger partial charge is 0.0465 e. The molecule has 2 aliphatic rings. The number of allylic oxidation sites excluding steroid dienone is 2. The Balaban J connectivity index is 0.000000279. The van der Waals surface area contributed by atoms with E-state index < -0.39 is 0 Å². The standard InChI is InChI=1S/C46H43N.C15H14.C3H6.C2H6/c1-30-21-22-32(27-41(30)44(2,3)31-15-9-8-10-16-31)47(33-23-25-37-35-17-11-13-19-39(35)45(4,5)42(37)28-33)34-24-26-38-36-18-12-14-20-40(36)46(6,7)43(38)29-34;1-12(2)13-8-10-15(11-9-13)14-6-4-3-5-7-14;1-3-2;1-2/h8-29H,1-7H3;3-11H,1H2,2H3;3H,1H2,2H3;1-2H3. The van der Waals surface area contributed by atoms with Gasteiger partial charge >= 0.3 is 0 Å². The maximum Gasteiger partial charge on any atom is 0.0465 e. The molecule has 0 amide bonds. The fraction of sp³-hybridized carbons (Fsp3) is 0.212. The molecule has 0 saturated heterocycles. The summed E-state index contributed by atoms with van der Waals surface area (Å²) in [5.74, 6) is 0. The average Bonchev–Trinajstić information content (AvgIpc) is 3.72. The topological polar surface area (TPSA) is 3.24 Å². The van der Waals surface area contributed by atoms with Gasteiger partial charge in [0.15, 0.2) is 0 Å². The van der Waals surface area contributed by atoms with Gasteiger partial charge in [0.1, 0.15) is 0 Å². The van der Waals surface area contributed by atoms with Crippen molar-refractivity contribution in [3.05, 3.63) is 252 Å². The molecule has 0 spiro atoms. The van der Waals surface area contributed by atoms with E-state index in [2.05, 4.69) is 249 Å². The molecule has 0 saturated carbocycles. The number of hydrogen-bond donors (Lipinski definition) is 0. The van der Waals surface area contributed by atoms with Crippen molar-refractivity contribution in [2.45, 2.75) is 92.4 Å². The molecule has 0 bridgehead atoms.